The molecule has 43 heavy (non-hydrogen) atoms. The lowest BCUT2D eigenvalue weighted by atomic mass is 10.0. The van der Waals surface area contributed by atoms with Crippen LogP contribution >= 0.6 is 0 Å². The topological polar surface area (TPSA) is 96.9 Å². The number of aromatic nitrogens is 3. The van der Waals surface area contributed by atoms with Crippen molar-refractivity contribution in [2.75, 3.05) is 18.4 Å². The summed E-state index contributed by atoms with van der Waals surface area (Å²) in [5, 5.41) is 7.31. The maximum Gasteiger partial charge on any atom is 0.257 e. The molecule has 5 rings (SSSR count). The minimum atomic E-state index is -0.536. The zero-order chi connectivity index (χ0) is 30.5. The van der Waals surface area contributed by atoms with Crippen LogP contribution in [0, 0.1) is 5.82 Å². The van der Waals surface area contributed by atoms with Crippen molar-refractivity contribution in [1.29, 1.82) is 0 Å². The molecule has 1 amide bonds. The van der Waals surface area contributed by atoms with E-state index in [1.807, 2.05) is 30.1 Å². The van der Waals surface area contributed by atoms with Crippen LogP contribution in [0.1, 0.15) is 86.6 Å². The van der Waals surface area contributed by atoms with Gasteiger partial charge in [0.15, 0.2) is 11.6 Å². The quantitative estimate of drug-likeness (QED) is 0.268. The molecule has 1 saturated heterocycles. The number of aliphatic imine (C=N–C) groups is 2. The Balaban J connectivity index is 1.42. The number of hydrogen-bond donors (Lipinski definition) is 1. The molecule has 0 saturated carbocycles. The summed E-state index contributed by atoms with van der Waals surface area (Å²) in [6.07, 6.45) is 7.97. The maximum atomic E-state index is 15.0. The summed E-state index contributed by atoms with van der Waals surface area (Å²) in [6.45, 7) is 9.46. The average Bonchev–Trinajstić information content (AvgIpc) is 3.56. The van der Waals surface area contributed by atoms with Crippen molar-refractivity contribution in [3.63, 3.8) is 0 Å². The first kappa shape index (κ1) is 30.5. The summed E-state index contributed by atoms with van der Waals surface area (Å²) in [5.41, 5.74) is 4.33. The predicted octanol–water partition coefficient (Wildman–Crippen LogP) is 5.88. The van der Waals surface area contributed by atoms with Crippen LogP contribution < -0.4 is 5.32 Å². The Kier molecular flexibility index (Phi) is 9.65. The lowest BCUT2D eigenvalue weighted by molar-refractivity contribution is -0.111. The number of rotatable bonds is 12. The summed E-state index contributed by atoms with van der Waals surface area (Å²) in [5.74, 6) is -0.592. The first-order chi connectivity index (χ1) is 20.7. The number of anilines is 1. The summed E-state index contributed by atoms with van der Waals surface area (Å²) >= 11 is 0. The van der Waals surface area contributed by atoms with Crippen molar-refractivity contribution >= 4 is 34.6 Å². The molecule has 1 N–H and O–H groups in total. The molecule has 10 heteroatoms. The highest BCUT2D eigenvalue weighted by atomic mass is 19.1. The molecule has 4 heterocycles. The van der Waals surface area contributed by atoms with Crippen LogP contribution in [-0.4, -0.2) is 61.5 Å². The Bertz CT molecular complexity index is 1520. The Morgan fingerprint density at radius 2 is 1.84 bits per heavy atom. The van der Waals surface area contributed by atoms with E-state index >= 15 is 4.39 Å². The molecule has 3 aromatic rings. The van der Waals surface area contributed by atoms with Gasteiger partial charge in [-0.2, -0.15) is 5.10 Å². The highest BCUT2D eigenvalue weighted by Crippen LogP contribution is 2.24. The van der Waals surface area contributed by atoms with Gasteiger partial charge in [-0.15, -0.1) is 0 Å². The van der Waals surface area contributed by atoms with Gasteiger partial charge in [-0.25, -0.2) is 9.38 Å². The first-order valence-corrected chi connectivity index (χ1v) is 15.4. The number of aryl methyl sites for hydroxylation is 3. The third-order valence-corrected chi connectivity index (χ3v) is 8.45. The molecule has 1 fully saturated rings. The molecule has 0 spiro atoms. The second kappa shape index (κ2) is 13.6. The van der Waals surface area contributed by atoms with Gasteiger partial charge >= 0.3 is 0 Å². The normalized spacial score (nSPS) is 15.9. The van der Waals surface area contributed by atoms with E-state index in [2.05, 4.69) is 38.7 Å². The van der Waals surface area contributed by atoms with E-state index in [-0.39, 0.29) is 29.8 Å². The van der Waals surface area contributed by atoms with Gasteiger partial charge in [0.2, 0.25) is 0 Å². The third-order valence-electron chi connectivity index (χ3n) is 8.45. The van der Waals surface area contributed by atoms with Crippen molar-refractivity contribution in [2.45, 2.75) is 84.8 Å². The summed E-state index contributed by atoms with van der Waals surface area (Å²) in [6, 6.07) is 8.42. The van der Waals surface area contributed by atoms with Crippen LogP contribution in [0.2, 0.25) is 0 Å². The molecule has 0 bridgehead atoms. The molecule has 2 aliphatic rings. The molecule has 228 valence electrons. The minimum Gasteiger partial charge on any atom is -0.351 e. The zero-order valence-electron chi connectivity index (χ0n) is 25.7. The second-order valence-corrected chi connectivity index (χ2v) is 11.6. The fourth-order valence-electron chi connectivity index (χ4n) is 5.60. The fourth-order valence-corrected chi connectivity index (χ4v) is 5.60. The van der Waals surface area contributed by atoms with Crippen LogP contribution in [0.15, 0.2) is 46.5 Å². The van der Waals surface area contributed by atoms with Gasteiger partial charge in [0.25, 0.3) is 5.91 Å². The van der Waals surface area contributed by atoms with Crippen LogP contribution in [0.25, 0.3) is 0 Å². The monoisotopic (exact) mass is 587 g/mol. The van der Waals surface area contributed by atoms with Gasteiger partial charge in [-0.1, -0.05) is 19.9 Å². The number of carbonyl (C=O) groups is 2. The molecule has 2 aliphatic heterocycles. The van der Waals surface area contributed by atoms with Gasteiger partial charge in [-0.05, 0) is 75.4 Å². The number of halogens is 1. The molecule has 9 nitrogen and oxygen atoms in total. The number of hydrogen-bond acceptors (Lipinski definition) is 6. The van der Waals surface area contributed by atoms with Crippen LogP contribution in [0.4, 0.5) is 15.9 Å². The van der Waals surface area contributed by atoms with Crippen LogP contribution in [0.5, 0.6) is 0 Å². The summed E-state index contributed by atoms with van der Waals surface area (Å²) < 4.78 is 18.9. The smallest absolute Gasteiger partial charge is 0.257 e. The Labute approximate surface area is 252 Å². The molecule has 2 aromatic heterocycles. The van der Waals surface area contributed by atoms with Gasteiger partial charge in [0.05, 0.1) is 22.7 Å². The summed E-state index contributed by atoms with van der Waals surface area (Å²) in [7, 11) is 1.89. The van der Waals surface area contributed by atoms with Gasteiger partial charge in [-0.3, -0.25) is 24.2 Å². The Hall–Kier alpha value is -3.92. The number of nitrogens with zero attached hydrogens (tertiary/aromatic N) is 6. The number of amides is 1. The lowest BCUT2D eigenvalue weighted by Crippen LogP contribution is -2.36. The van der Waals surface area contributed by atoms with Crippen molar-refractivity contribution in [1.82, 2.24) is 19.2 Å². The van der Waals surface area contributed by atoms with Crippen molar-refractivity contribution in [3.05, 3.63) is 64.9 Å². The van der Waals surface area contributed by atoms with Crippen LogP contribution in [0.3, 0.4) is 0 Å². The third kappa shape index (κ3) is 7.36. The van der Waals surface area contributed by atoms with Crippen molar-refractivity contribution in [2.24, 2.45) is 17.0 Å². The van der Waals surface area contributed by atoms with Gasteiger partial charge < -0.3 is 9.88 Å². The standard InChI is InChI=1S/C33H42FN7O2/c1-5-25(6-2)35-30(19-29(22(3)42)36-32-18-27(39(4)38-32)21-40-13-9-14-40)23-11-12-28(34)31(17-23)37-33(43)24-16-26-10-7-8-15-41(26)20-24/h11-12,16-18,20,25H,5-10,13-15,19,21H2,1-4H3,(H,37,43). The molecule has 0 radical (unpaired) electrons. The fraction of sp³-hybridized carbons (Fsp3) is 0.485. The summed E-state index contributed by atoms with van der Waals surface area (Å²) in [4.78, 5) is 37.9. The molecular formula is C33H42FN7O2. The van der Waals surface area contributed by atoms with Crippen molar-refractivity contribution in [3.8, 4) is 0 Å². The number of likely N-dealkylation sites (tertiary alicyclic amines) is 1. The van der Waals surface area contributed by atoms with Gasteiger partial charge in [0.1, 0.15) is 5.82 Å². The largest absolute Gasteiger partial charge is 0.351 e. The van der Waals surface area contributed by atoms with E-state index in [9.17, 15) is 9.59 Å². The van der Waals surface area contributed by atoms with Crippen LogP contribution in [-0.2, 0) is 31.4 Å². The van der Waals surface area contributed by atoms with Gasteiger partial charge in [0, 0.05) is 63.2 Å². The maximum absolute atomic E-state index is 15.0. The lowest BCUT2D eigenvalue weighted by Gasteiger charge is -2.30. The average molecular weight is 588 g/mol. The number of fused-ring (bicyclic) bond motifs is 1. The number of nitrogens with one attached hydrogen (secondary N) is 1. The van der Waals surface area contributed by atoms with E-state index in [1.165, 1.54) is 19.4 Å². The first-order valence-electron chi connectivity index (χ1n) is 15.4. The second-order valence-electron chi connectivity index (χ2n) is 11.6. The predicted molar refractivity (Wildman–Crippen MR) is 168 cm³/mol. The zero-order valence-corrected chi connectivity index (χ0v) is 25.7. The highest BCUT2D eigenvalue weighted by molar-refractivity contribution is 6.43. The minimum absolute atomic E-state index is 0.0249. The van der Waals surface area contributed by atoms with Crippen molar-refractivity contribution < 1.29 is 14.0 Å². The molecule has 0 aliphatic carbocycles. The van der Waals surface area contributed by atoms with E-state index in [1.54, 1.807) is 12.1 Å². The molecule has 1 aromatic carbocycles. The number of carbonyl (C=O) groups excluding carboxylic acids is 2. The molecular weight excluding hydrogens is 545 g/mol. The number of ketones is 1. The van der Waals surface area contributed by atoms with E-state index in [0.717, 1.165) is 69.7 Å². The SMILES string of the molecule is CCC(CC)N=C(CC(=Nc1cc(CN2CCC2)n(C)n1)C(C)=O)c1ccc(F)c(NC(=O)c2cc3n(c2)CCCC3)c1. The molecule has 0 atom stereocenters. The highest BCUT2D eigenvalue weighted by Gasteiger charge is 2.21. The van der Waals surface area contributed by atoms with E-state index in [4.69, 9.17) is 4.99 Å². The van der Waals surface area contributed by atoms with E-state index < -0.39 is 5.82 Å². The Morgan fingerprint density at radius 3 is 2.51 bits per heavy atom. The Morgan fingerprint density at radius 1 is 1.05 bits per heavy atom. The number of benzene rings is 1. The number of Topliss-reactive ketones (excluding diaryl/α,β-unsaturated/α-hetero) is 1. The molecule has 0 unspecified atom stereocenters. The van der Waals surface area contributed by atoms with E-state index in [0.29, 0.717) is 28.4 Å².